The van der Waals surface area contributed by atoms with E-state index >= 15 is 0 Å². The standard InChI is InChI=1S/C16H29NO2/c1-11-8-13(9-12(2)18-11)19-15-10-14(17-3)16(15)6-4-5-7-16/h11-15,17H,4-10H2,1-3H3. The van der Waals surface area contributed by atoms with Crippen molar-refractivity contribution in [1.29, 1.82) is 0 Å². The third-order valence-electron chi connectivity index (χ3n) is 5.68. The predicted octanol–water partition coefficient (Wildman–Crippen LogP) is 2.88. The lowest BCUT2D eigenvalue weighted by molar-refractivity contribution is -0.191. The zero-order valence-electron chi connectivity index (χ0n) is 12.7. The number of rotatable bonds is 3. The van der Waals surface area contributed by atoms with Crippen LogP contribution in [0.25, 0.3) is 0 Å². The topological polar surface area (TPSA) is 30.5 Å². The van der Waals surface area contributed by atoms with Gasteiger partial charge in [0.15, 0.2) is 0 Å². The van der Waals surface area contributed by atoms with E-state index in [4.69, 9.17) is 9.47 Å². The Kier molecular flexibility index (Phi) is 3.89. The lowest BCUT2D eigenvalue weighted by Crippen LogP contribution is -2.62. The number of hydrogen-bond donors (Lipinski definition) is 1. The zero-order chi connectivity index (χ0) is 13.5. The second kappa shape index (κ2) is 5.34. The van der Waals surface area contributed by atoms with Gasteiger partial charge in [0.2, 0.25) is 0 Å². The van der Waals surface area contributed by atoms with Gasteiger partial charge in [-0.15, -0.1) is 0 Å². The molecule has 0 radical (unpaired) electrons. The first kappa shape index (κ1) is 13.8. The lowest BCUT2D eigenvalue weighted by atomic mass is 9.60. The van der Waals surface area contributed by atoms with Crippen LogP contribution in [0.3, 0.4) is 0 Å². The summed E-state index contributed by atoms with van der Waals surface area (Å²) in [6, 6.07) is 0.690. The second-order valence-corrected chi connectivity index (χ2v) is 6.99. The Morgan fingerprint density at radius 3 is 2.26 bits per heavy atom. The van der Waals surface area contributed by atoms with Crippen LogP contribution >= 0.6 is 0 Å². The third kappa shape index (κ3) is 2.45. The fourth-order valence-corrected chi connectivity index (χ4v) is 4.74. The van der Waals surface area contributed by atoms with Crippen LogP contribution < -0.4 is 5.32 Å². The molecule has 0 bridgehead atoms. The van der Waals surface area contributed by atoms with Gasteiger partial charge in [0, 0.05) is 11.5 Å². The maximum atomic E-state index is 6.52. The number of nitrogens with one attached hydrogen (secondary N) is 1. The quantitative estimate of drug-likeness (QED) is 0.853. The molecule has 3 rings (SSSR count). The van der Waals surface area contributed by atoms with Crippen molar-refractivity contribution in [2.75, 3.05) is 7.05 Å². The van der Waals surface area contributed by atoms with E-state index in [0.29, 0.717) is 35.9 Å². The smallest absolute Gasteiger partial charge is 0.0665 e. The zero-order valence-corrected chi connectivity index (χ0v) is 12.7. The van der Waals surface area contributed by atoms with E-state index in [-0.39, 0.29) is 0 Å². The van der Waals surface area contributed by atoms with Crippen LogP contribution in [0.2, 0.25) is 0 Å². The van der Waals surface area contributed by atoms with Gasteiger partial charge in [0.1, 0.15) is 0 Å². The molecular weight excluding hydrogens is 238 g/mol. The maximum Gasteiger partial charge on any atom is 0.0665 e. The molecule has 4 atom stereocenters. The van der Waals surface area contributed by atoms with Gasteiger partial charge in [-0.05, 0) is 53.0 Å². The lowest BCUT2D eigenvalue weighted by Gasteiger charge is -2.55. The Morgan fingerprint density at radius 2 is 1.68 bits per heavy atom. The molecule has 19 heavy (non-hydrogen) atoms. The van der Waals surface area contributed by atoms with E-state index in [1.165, 1.54) is 32.1 Å². The van der Waals surface area contributed by atoms with Crippen LogP contribution in [0.5, 0.6) is 0 Å². The van der Waals surface area contributed by atoms with Crippen molar-refractivity contribution >= 4 is 0 Å². The molecular formula is C16H29NO2. The van der Waals surface area contributed by atoms with Crippen LogP contribution in [-0.4, -0.2) is 37.5 Å². The molecule has 1 heterocycles. The minimum absolute atomic E-state index is 0.355. The fourth-order valence-electron chi connectivity index (χ4n) is 4.74. The Labute approximate surface area is 117 Å². The van der Waals surface area contributed by atoms with Crippen LogP contribution in [0.4, 0.5) is 0 Å². The summed E-state index contributed by atoms with van der Waals surface area (Å²) in [6.07, 6.45) is 10.5. The molecule has 110 valence electrons. The summed E-state index contributed by atoms with van der Waals surface area (Å²) in [5.74, 6) is 0. The van der Waals surface area contributed by atoms with Gasteiger partial charge in [0.05, 0.1) is 24.4 Å². The Hall–Kier alpha value is -0.120. The highest BCUT2D eigenvalue weighted by atomic mass is 16.5. The van der Waals surface area contributed by atoms with Crippen LogP contribution in [0, 0.1) is 5.41 Å². The van der Waals surface area contributed by atoms with Gasteiger partial charge in [-0.2, -0.15) is 0 Å². The normalized spacial score (nSPS) is 45.3. The van der Waals surface area contributed by atoms with Crippen molar-refractivity contribution in [2.24, 2.45) is 5.41 Å². The summed E-state index contributed by atoms with van der Waals surface area (Å²) in [5, 5.41) is 3.51. The first-order chi connectivity index (χ1) is 9.14. The molecule has 4 unspecified atom stereocenters. The monoisotopic (exact) mass is 267 g/mol. The molecule has 2 saturated carbocycles. The Morgan fingerprint density at radius 1 is 1.05 bits per heavy atom. The summed E-state index contributed by atoms with van der Waals surface area (Å²) in [6.45, 7) is 4.35. The summed E-state index contributed by atoms with van der Waals surface area (Å²) in [5.41, 5.74) is 0.458. The molecule has 1 spiro atoms. The van der Waals surface area contributed by atoms with Crippen molar-refractivity contribution in [3.8, 4) is 0 Å². The predicted molar refractivity (Wildman–Crippen MR) is 76.3 cm³/mol. The molecule has 2 aliphatic carbocycles. The van der Waals surface area contributed by atoms with Crippen molar-refractivity contribution in [3.05, 3.63) is 0 Å². The maximum absolute atomic E-state index is 6.52. The van der Waals surface area contributed by atoms with Crippen LogP contribution in [0.1, 0.15) is 58.8 Å². The van der Waals surface area contributed by atoms with E-state index in [1.807, 2.05) is 0 Å². The highest BCUT2D eigenvalue weighted by Gasteiger charge is 2.56. The first-order valence-electron chi connectivity index (χ1n) is 8.12. The highest BCUT2D eigenvalue weighted by Crippen LogP contribution is 2.55. The van der Waals surface area contributed by atoms with Crippen LogP contribution in [-0.2, 0) is 9.47 Å². The number of hydrogen-bond acceptors (Lipinski definition) is 3. The Balaban J connectivity index is 1.61. The average molecular weight is 267 g/mol. The van der Waals surface area contributed by atoms with Crippen molar-refractivity contribution < 1.29 is 9.47 Å². The molecule has 3 nitrogen and oxygen atoms in total. The van der Waals surface area contributed by atoms with Crippen molar-refractivity contribution in [3.63, 3.8) is 0 Å². The number of ether oxygens (including phenoxy) is 2. The van der Waals surface area contributed by atoms with Gasteiger partial charge >= 0.3 is 0 Å². The Bertz CT molecular complexity index is 304. The molecule has 0 aromatic carbocycles. The van der Waals surface area contributed by atoms with Gasteiger partial charge < -0.3 is 14.8 Å². The van der Waals surface area contributed by atoms with Gasteiger partial charge in [-0.1, -0.05) is 12.8 Å². The van der Waals surface area contributed by atoms with E-state index < -0.39 is 0 Å². The molecule has 0 aromatic heterocycles. The van der Waals surface area contributed by atoms with Gasteiger partial charge in [0.25, 0.3) is 0 Å². The second-order valence-electron chi connectivity index (χ2n) is 6.99. The molecule has 1 aliphatic heterocycles. The SMILES string of the molecule is CNC1CC(OC2CC(C)OC(C)C2)C12CCCC2. The van der Waals surface area contributed by atoms with Crippen LogP contribution in [0.15, 0.2) is 0 Å². The summed E-state index contributed by atoms with van der Waals surface area (Å²) < 4.78 is 12.3. The molecule has 1 N–H and O–H groups in total. The summed E-state index contributed by atoms with van der Waals surface area (Å²) in [7, 11) is 2.11. The highest BCUT2D eigenvalue weighted by molar-refractivity contribution is 5.09. The third-order valence-corrected chi connectivity index (χ3v) is 5.68. The molecule has 1 saturated heterocycles. The summed E-state index contributed by atoms with van der Waals surface area (Å²) >= 11 is 0. The molecule has 3 aliphatic rings. The average Bonchev–Trinajstić information content (AvgIpc) is 2.84. The van der Waals surface area contributed by atoms with E-state index in [2.05, 4.69) is 26.2 Å². The van der Waals surface area contributed by atoms with E-state index in [0.717, 1.165) is 12.8 Å². The van der Waals surface area contributed by atoms with Crippen molar-refractivity contribution in [1.82, 2.24) is 5.32 Å². The minimum Gasteiger partial charge on any atom is -0.375 e. The summed E-state index contributed by atoms with van der Waals surface area (Å²) in [4.78, 5) is 0. The van der Waals surface area contributed by atoms with E-state index in [9.17, 15) is 0 Å². The molecule has 3 fully saturated rings. The molecule has 3 heteroatoms. The van der Waals surface area contributed by atoms with Crippen molar-refractivity contribution in [2.45, 2.75) is 89.3 Å². The first-order valence-corrected chi connectivity index (χ1v) is 8.12. The fraction of sp³-hybridized carbons (Fsp3) is 1.00. The van der Waals surface area contributed by atoms with Gasteiger partial charge in [-0.25, -0.2) is 0 Å². The van der Waals surface area contributed by atoms with E-state index in [1.54, 1.807) is 0 Å². The molecule has 0 aromatic rings. The molecule has 0 amide bonds. The minimum atomic E-state index is 0.355. The van der Waals surface area contributed by atoms with Gasteiger partial charge in [-0.3, -0.25) is 0 Å². The largest absolute Gasteiger partial charge is 0.375 e.